The molecule has 15 heteroatoms. The first-order valence-electron chi connectivity index (χ1n) is 11.8. The fourth-order valence-electron chi connectivity index (χ4n) is 4.29. The van der Waals surface area contributed by atoms with Gasteiger partial charge < -0.3 is 29.3 Å². The van der Waals surface area contributed by atoms with Gasteiger partial charge in [0.15, 0.2) is 29.5 Å². The zero-order valence-electron chi connectivity index (χ0n) is 19.8. The summed E-state index contributed by atoms with van der Waals surface area (Å²) in [5.74, 6) is 0.222. The van der Waals surface area contributed by atoms with Crippen molar-refractivity contribution in [2.45, 2.75) is 50.6 Å². The molecule has 2 aliphatic rings. The van der Waals surface area contributed by atoms with E-state index in [0.717, 1.165) is 18.4 Å². The first-order chi connectivity index (χ1) is 17.8. The van der Waals surface area contributed by atoms with Crippen molar-refractivity contribution in [2.24, 2.45) is 0 Å². The first-order valence-corrected chi connectivity index (χ1v) is 13.3. The van der Waals surface area contributed by atoms with Crippen molar-refractivity contribution in [2.75, 3.05) is 18.5 Å². The highest BCUT2D eigenvalue weighted by Gasteiger charge is 2.54. The Balaban J connectivity index is 1.41. The van der Waals surface area contributed by atoms with Crippen LogP contribution < -0.4 is 10.6 Å². The summed E-state index contributed by atoms with van der Waals surface area (Å²) in [7, 11) is -4.74. The summed E-state index contributed by atoms with van der Waals surface area (Å²) in [6.45, 7) is 2.14. The molecule has 1 aromatic carbocycles. The Morgan fingerprint density at radius 3 is 2.68 bits per heavy atom. The molecule has 0 saturated carbocycles. The molecule has 5 rings (SSSR count). The van der Waals surface area contributed by atoms with Gasteiger partial charge in [-0.2, -0.15) is 0 Å². The highest BCUT2D eigenvalue weighted by Crippen LogP contribution is 2.46. The van der Waals surface area contributed by atoms with E-state index in [-0.39, 0.29) is 5.82 Å². The van der Waals surface area contributed by atoms with Crippen LogP contribution in [0.4, 0.5) is 10.6 Å². The van der Waals surface area contributed by atoms with E-state index in [9.17, 15) is 19.1 Å². The van der Waals surface area contributed by atoms with Gasteiger partial charge in [0.05, 0.1) is 12.9 Å². The molecule has 37 heavy (non-hydrogen) atoms. The van der Waals surface area contributed by atoms with Crippen LogP contribution in [0.25, 0.3) is 11.2 Å². The molecule has 3 aromatic rings. The summed E-state index contributed by atoms with van der Waals surface area (Å²) in [4.78, 5) is 43.5. The molecule has 2 amide bonds. The molecule has 4 N–H and O–H groups in total. The molecular weight excluding hydrogens is 507 g/mol. The maximum atomic E-state index is 12.3. The summed E-state index contributed by atoms with van der Waals surface area (Å²) < 4.78 is 36.1. The molecule has 198 valence electrons. The van der Waals surface area contributed by atoms with Crippen LogP contribution in [-0.4, -0.2) is 66.8 Å². The third kappa shape index (κ3) is 5.65. The van der Waals surface area contributed by atoms with Crippen LogP contribution in [0, 0.1) is 0 Å². The largest absolute Gasteiger partial charge is 0.469 e. The van der Waals surface area contributed by atoms with Crippen LogP contribution in [0.3, 0.4) is 0 Å². The van der Waals surface area contributed by atoms with E-state index in [2.05, 4.69) is 25.6 Å². The molecule has 2 saturated heterocycles. The number of unbranched alkanes of at least 4 members (excludes halogenated alkanes) is 1. The van der Waals surface area contributed by atoms with E-state index in [0.29, 0.717) is 17.7 Å². The number of anilines is 1. The molecule has 2 aliphatic heterocycles. The summed E-state index contributed by atoms with van der Waals surface area (Å²) in [6, 6.07) is 8.87. The second-order valence-electron chi connectivity index (χ2n) is 8.58. The number of rotatable bonds is 9. The standard InChI is InChI=1S/C22H27N6O8P/c1-2-3-9-23-22(29)27-18-15-19(25-11-24-18)28(12-26-15)20-17-16(14(34-20)10-33-37(30,31)32)35-21(36-17)13-7-5-4-6-8-13/h4-8,11-12,14,16-17,20-21H,2-3,9-10H2,1H3,(H2,30,31,32)(H2,23,24,25,27,29)/t14-,16?,17+,20-,21?/m1/s1. The van der Waals surface area contributed by atoms with Gasteiger partial charge in [0, 0.05) is 12.1 Å². The van der Waals surface area contributed by atoms with Crippen molar-refractivity contribution in [3.05, 3.63) is 48.5 Å². The van der Waals surface area contributed by atoms with E-state index >= 15 is 0 Å². The topological polar surface area (TPSA) is 179 Å². The Labute approximate surface area is 211 Å². The number of hydrogen-bond donors (Lipinski definition) is 4. The van der Waals surface area contributed by atoms with E-state index in [1.54, 1.807) is 4.57 Å². The lowest BCUT2D eigenvalue weighted by Gasteiger charge is -2.21. The minimum Gasteiger partial charge on any atom is -0.347 e. The van der Waals surface area contributed by atoms with Crippen molar-refractivity contribution < 1.29 is 37.9 Å². The number of nitrogens with zero attached hydrogens (tertiary/aromatic N) is 4. The normalized spacial score (nSPS) is 25.3. The van der Waals surface area contributed by atoms with Crippen LogP contribution in [0.2, 0.25) is 0 Å². The molecule has 2 unspecified atom stereocenters. The van der Waals surface area contributed by atoms with Crippen molar-refractivity contribution in [1.82, 2.24) is 24.8 Å². The van der Waals surface area contributed by atoms with Gasteiger partial charge in [0.2, 0.25) is 0 Å². The molecular formula is C22H27N6O8P. The highest BCUT2D eigenvalue weighted by molar-refractivity contribution is 7.46. The van der Waals surface area contributed by atoms with Crippen molar-refractivity contribution in [3.8, 4) is 0 Å². The van der Waals surface area contributed by atoms with Crippen molar-refractivity contribution in [3.63, 3.8) is 0 Å². The number of carbonyl (C=O) groups is 1. The molecule has 2 fully saturated rings. The molecule has 0 spiro atoms. The van der Waals surface area contributed by atoms with Crippen molar-refractivity contribution >= 4 is 30.8 Å². The number of ether oxygens (including phenoxy) is 3. The zero-order chi connectivity index (χ0) is 26.0. The van der Waals surface area contributed by atoms with Gasteiger partial charge in [0.25, 0.3) is 0 Å². The van der Waals surface area contributed by atoms with Crippen LogP contribution >= 0.6 is 7.82 Å². The Hall–Kier alpha value is -2.97. The average molecular weight is 534 g/mol. The van der Waals surface area contributed by atoms with Gasteiger partial charge in [-0.15, -0.1) is 0 Å². The summed E-state index contributed by atoms with van der Waals surface area (Å²) in [6.07, 6.45) is 0.834. The second kappa shape index (κ2) is 10.8. The zero-order valence-corrected chi connectivity index (χ0v) is 20.7. The van der Waals surface area contributed by atoms with Gasteiger partial charge >= 0.3 is 13.9 Å². The van der Waals surface area contributed by atoms with E-state index < -0.39 is 51.3 Å². The maximum Gasteiger partial charge on any atom is 0.469 e. The smallest absolute Gasteiger partial charge is 0.347 e. The molecule has 5 atom stereocenters. The minimum absolute atomic E-state index is 0.222. The molecule has 0 radical (unpaired) electrons. The van der Waals surface area contributed by atoms with Gasteiger partial charge in [0.1, 0.15) is 24.6 Å². The number of phosphoric ester groups is 1. The van der Waals surface area contributed by atoms with Crippen molar-refractivity contribution in [1.29, 1.82) is 0 Å². The fourth-order valence-corrected chi connectivity index (χ4v) is 4.63. The number of nitrogens with one attached hydrogen (secondary N) is 2. The highest BCUT2D eigenvalue weighted by atomic mass is 31.2. The van der Waals surface area contributed by atoms with Gasteiger partial charge in [-0.1, -0.05) is 43.7 Å². The van der Waals surface area contributed by atoms with Crippen LogP contribution in [-0.2, 0) is 23.3 Å². The lowest BCUT2D eigenvalue weighted by molar-refractivity contribution is -0.152. The lowest BCUT2D eigenvalue weighted by atomic mass is 10.1. The average Bonchev–Trinajstić information content (AvgIpc) is 3.57. The molecule has 0 bridgehead atoms. The van der Waals surface area contributed by atoms with E-state index in [4.69, 9.17) is 18.7 Å². The number of urea groups is 1. The SMILES string of the molecule is CCCCNC(=O)Nc1ncnc2c1ncn2[C@@H]1O[C@H](COP(=O)(O)O)C2OC(c3ccccc3)O[C@@H]21. The Bertz CT molecular complexity index is 1290. The summed E-state index contributed by atoms with van der Waals surface area (Å²) >= 11 is 0. The summed E-state index contributed by atoms with van der Waals surface area (Å²) in [5.41, 5.74) is 1.48. The Kier molecular flexibility index (Phi) is 7.49. The molecule has 0 aliphatic carbocycles. The Morgan fingerprint density at radius 2 is 1.92 bits per heavy atom. The van der Waals surface area contributed by atoms with E-state index in [1.807, 2.05) is 37.3 Å². The predicted molar refractivity (Wildman–Crippen MR) is 128 cm³/mol. The number of imidazole rings is 1. The third-order valence-corrected chi connectivity index (χ3v) is 6.49. The predicted octanol–water partition coefficient (Wildman–Crippen LogP) is 2.24. The van der Waals surface area contributed by atoms with Crippen LogP contribution in [0.5, 0.6) is 0 Å². The van der Waals surface area contributed by atoms with E-state index in [1.165, 1.54) is 12.7 Å². The maximum absolute atomic E-state index is 12.3. The summed E-state index contributed by atoms with van der Waals surface area (Å²) in [5, 5.41) is 5.45. The quantitative estimate of drug-likeness (QED) is 0.234. The fraction of sp³-hybridized carbons (Fsp3) is 0.455. The number of benzene rings is 1. The number of amides is 2. The first kappa shape index (κ1) is 25.7. The minimum atomic E-state index is -4.74. The van der Waals surface area contributed by atoms with Gasteiger partial charge in [-0.05, 0) is 6.42 Å². The number of phosphoric acid groups is 1. The number of fused-ring (bicyclic) bond motifs is 2. The van der Waals surface area contributed by atoms with Gasteiger partial charge in [-0.25, -0.2) is 24.3 Å². The monoisotopic (exact) mass is 534 g/mol. The number of hydrogen-bond acceptors (Lipinski definition) is 9. The second-order valence-corrected chi connectivity index (χ2v) is 9.82. The Morgan fingerprint density at radius 1 is 1.14 bits per heavy atom. The molecule has 4 heterocycles. The third-order valence-electron chi connectivity index (χ3n) is 6.01. The molecule has 14 nitrogen and oxygen atoms in total. The van der Waals surface area contributed by atoms with Crippen LogP contribution in [0.15, 0.2) is 43.0 Å². The molecule has 2 aromatic heterocycles. The van der Waals surface area contributed by atoms with Gasteiger partial charge in [-0.3, -0.25) is 14.4 Å². The number of carbonyl (C=O) groups excluding carboxylic acids is 1. The number of aromatic nitrogens is 4. The van der Waals surface area contributed by atoms with Crippen LogP contribution in [0.1, 0.15) is 37.8 Å². The lowest BCUT2D eigenvalue weighted by Crippen LogP contribution is -2.31.